The predicted molar refractivity (Wildman–Crippen MR) is 100 cm³/mol. The Balaban J connectivity index is 1.59. The lowest BCUT2D eigenvalue weighted by molar-refractivity contribution is -0.149. The molecule has 0 radical (unpaired) electrons. The Morgan fingerprint density at radius 3 is 2.64 bits per heavy atom. The molecule has 3 rings (SSSR count). The molecule has 152 valence electrons. The van der Waals surface area contributed by atoms with Gasteiger partial charge in [-0.2, -0.15) is 0 Å². The highest BCUT2D eigenvalue weighted by atomic mass is 16.5. The van der Waals surface area contributed by atoms with E-state index in [-0.39, 0.29) is 18.2 Å². The van der Waals surface area contributed by atoms with E-state index in [9.17, 15) is 19.5 Å². The molecular formula is C20H26N2O6. The maximum Gasteiger partial charge on any atom is 0.326 e. The third kappa shape index (κ3) is 4.05. The van der Waals surface area contributed by atoms with Gasteiger partial charge in [-0.25, -0.2) is 4.79 Å². The first kappa shape index (κ1) is 20.0. The van der Waals surface area contributed by atoms with E-state index in [1.807, 2.05) is 18.2 Å². The zero-order valence-corrected chi connectivity index (χ0v) is 16.2. The Morgan fingerprint density at radius 2 is 1.96 bits per heavy atom. The van der Waals surface area contributed by atoms with Crippen LogP contribution >= 0.6 is 0 Å². The van der Waals surface area contributed by atoms with Crippen LogP contribution in [0.4, 0.5) is 0 Å². The van der Waals surface area contributed by atoms with Gasteiger partial charge >= 0.3 is 5.97 Å². The molecule has 8 heteroatoms. The van der Waals surface area contributed by atoms with E-state index >= 15 is 0 Å². The van der Waals surface area contributed by atoms with E-state index in [0.29, 0.717) is 50.4 Å². The second-order valence-corrected chi connectivity index (χ2v) is 7.21. The first-order valence-electron chi connectivity index (χ1n) is 9.46. The summed E-state index contributed by atoms with van der Waals surface area (Å²) in [7, 11) is 3.15. The number of likely N-dealkylation sites (tertiary alicyclic amines) is 2. The fourth-order valence-corrected chi connectivity index (χ4v) is 3.98. The van der Waals surface area contributed by atoms with Crippen LogP contribution < -0.4 is 9.47 Å². The highest BCUT2D eigenvalue weighted by molar-refractivity contribution is 5.91. The van der Waals surface area contributed by atoms with Crippen LogP contribution in [0.3, 0.4) is 0 Å². The fraction of sp³-hybridized carbons (Fsp3) is 0.550. The van der Waals surface area contributed by atoms with Gasteiger partial charge in [0.15, 0.2) is 11.5 Å². The Labute approximate surface area is 164 Å². The molecule has 28 heavy (non-hydrogen) atoms. The zero-order chi connectivity index (χ0) is 20.3. The Morgan fingerprint density at radius 1 is 1.21 bits per heavy atom. The zero-order valence-electron chi connectivity index (χ0n) is 16.2. The molecule has 0 saturated carbocycles. The number of carboxylic acid groups (broad SMARTS) is 1. The second kappa shape index (κ2) is 8.50. The van der Waals surface area contributed by atoms with Crippen LogP contribution in [0, 0.1) is 5.92 Å². The summed E-state index contributed by atoms with van der Waals surface area (Å²) in [5.41, 5.74) is 1.01. The molecule has 2 saturated heterocycles. The summed E-state index contributed by atoms with van der Waals surface area (Å²) in [4.78, 5) is 39.5. The average Bonchev–Trinajstić information content (AvgIpc) is 3.32. The van der Waals surface area contributed by atoms with Crippen molar-refractivity contribution >= 4 is 17.8 Å². The van der Waals surface area contributed by atoms with Crippen LogP contribution in [-0.4, -0.2) is 72.6 Å². The van der Waals surface area contributed by atoms with Crippen LogP contribution in [0.15, 0.2) is 18.2 Å². The number of hydrogen-bond donors (Lipinski definition) is 1. The van der Waals surface area contributed by atoms with E-state index < -0.39 is 17.9 Å². The van der Waals surface area contributed by atoms with Gasteiger partial charge in [-0.1, -0.05) is 6.07 Å². The molecule has 2 amide bonds. The average molecular weight is 390 g/mol. The maximum atomic E-state index is 12.7. The van der Waals surface area contributed by atoms with Crippen molar-refractivity contribution in [2.45, 2.75) is 31.7 Å². The summed E-state index contributed by atoms with van der Waals surface area (Å²) in [6.45, 7) is 1.29. The number of aliphatic carboxylic acids is 1. The molecule has 0 unspecified atom stereocenters. The lowest BCUT2D eigenvalue weighted by Crippen LogP contribution is -2.44. The maximum absolute atomic E-state index is 12.7. The van der Waals surface area contributed by atoms with E-state index in [4.69, 9.17) is 9.47 Å². The quantitative estimate of drug-likeness (QED) is 0.751. The van der Waals surface area contributed by atoms with E-state index in [1.165, 1.54) is 4.90 Å². The van der Waals surface area contributed by atoms with Gasteiger partial charge in [0.1, 0.15) is 6.04 Å². The van der Waals surface area contributed by atoms with Crippen molar-refractivity contribution in [2.75, 3.05) is 33.9 Å². The van der Waals surface area contributed by atoms with Crippen LogP contribution in [0.1, 0.15) is 24.8 Å². The molecule has 0 bridgehead atoms. The van der Waals surface area contributed by atoms with Gasteiger partial charge < -0.3 is 24.4 Å². The Bertz CT molecular complexity index is 765. The van der Waals surface area contributed by atoms with Gasteiger partial charge in [0.05, 0.1) is 20.1 Å². The molecule has 1 aromatic rings. The number of ether oxygens (including phenoxy) is 2. The first-order chi connectivity index (χ1) is 13.4. The molecule has 2 aliphatic rings. The van der Waals surface area contributed by atoms with Crippen molar-refractivity contribution in [3.8, 4) is 11.5 Å². The SMILES string of the molecule is COc1ccc(CCN2C[C@H](C(=O)N3CCC[C@H]3C(=O)O)CC2=O)cc1OC. The van der Waals surface area contributed by atoms with Crippen LogP contribution in [0.5, 0.6) is 11.5 Å². The lowest BCUT2D eigenvalue weighted by Gasteiger charge is -2.24. The molecule has 0 spiro atoms. The van der Waals surface area contributed by atoms with Crippen molar-refractivity contribution in [3.05, 3.63) is 23.8 Å². The first-order valence-corrected chi connectivity index (χ1v) is 9.46. The topological polar surface area (TPSA) is 96.4 Å². The van der Waals surface area contributed by atoms with Crippen molar-refractivity contribution < 1.29 is 29.0 Å². The number of rotatable bonds is 7. The van der Waals surface area contributed by atoms with Gasteiger partial charge in [-0.3, -0.25) is 9.59 Å². The minimum Gasteiger partial charge on any atom is -0.493 e. The van der Waals surface area contributed by atoms with Gasteiger partial charge in [0.2, 0.25) is 11.8 Å². The second-order valence-electron chi connectivity index (χ2n) is 7.21. The third-order valence-corrected chi connectivity index (χ3v) is 5.50. The summed E-state index contributed by atoms with van der Waals surface area (Å²) in [5.74, 6) is -0.433. The molecular weight excluding hydrogens is 364 g/mol. The molecule has 2 heterocycles. The molecule has 0 aliphatic carbocycles. The third-order valence-electron chi connectivity index (χ3n) is 5.50. The minimum absolute atomic E-state index is 0.0649. The highest BCUT2D eigenvalue weighted by Crippen LogP contribution is 2.29. The normalized spacial score (nSPS) is 21.9. The molecule has 8 nitrogen and oxygen atoms in total. The van der Waals surface area contributed by atoms with Gasteiger partial charge in [-0.15, -0.1) is 0 Å². The lowest BCUT2D eigenvalue weighted by atomic mass is 10.1. The number of nitrogens with zero attached hydrogens (tertiary/aromatic N) is 2. The Hall–Kier alpha value is -2.77. The minimum atomic E-state index is -0.972. The number of carbonyl (C=O) groups is 3. The van der Waals surface area contributed by atoms with E-state index in [0.717, 1.165) is 5.56 Å². The number of methoxy groups -OCH3 is 2. The van der Waals surface area contributed by atoms with Crippen molar-refractivity contribution in [2.24, 2.45) is 5.92 Å². The summed E-state index contributed by atoms with van der Waals surface area (Å²) in [6, 6.07) is 4.87. The molecule has 1 aromatic carbocycles. The number of carboxylic acids is 1. The summed E-state index contributed by atoms with van der Waals surface area (Å²) < 4.78 is 10.5. The van der Waals surface area contributed by atoms with Gasteiger partial charge in [0, 0.05) is 26.1 Å². The number of benzene rings is 1. The van der Waals surface area contributed by atoms with Crippen LogP contribution in [0.2, 0.25) is 0 Å². The fourth-order valence-electron chi connectivity index (χ4n) is 3.98. The summed E-state index contributed by atoms with van der Waals surface area (Å²) >= 11 is 0. The van der Waals surface area contributed by atoms with Crippen LogP contribution in [-0.2, 0) is 20.8 Å². The van der Waals surface area contributed by atoms with Crippen molar-refractivity contribution in [1.29, 1.82) is 0 Å². The van der Waals surface area contributed by atoms with E-state index in [1.54, 1.807) is 19.1 Å². The smallest absolute Gasteiger partial charge is 0.326 e. The largest absolute Gasteiger partial charge is 0.493 e. The number of amides is 2. The van der Waals surface area contributed by atoms with Gasteiger partial charge in [-0.05, 0) is 37.0 Å². The molecule has 2 fully saturated rings. The van der Waals surface area contributed by atoms with Crippen molar-refractivity contribution in [3.63, 3.8) is 0 Å². The molecule has 1 N–H and O–H groups in total. The predicted octanol–water partition coefficient (Wildman–Crippen LogP) is 1.17. The van der Waals surface area contributed by atoms with Gasteiger partial charge in [0.25, 0.3) is 0 Å². The summed E-state index contributed by atoms with van der Waals surface area (Å²) in [6.07, 6.45) is 1.94. The number of carbonyl (C=O) groups excluding carboxylic acids is 2. The number of hydrogen-bond acceptors (Lipinski definition) is 5. The molecule has 0 aromatic heterocycles. The summed E-state index contributed by atoms with van der Waals surface area (Å²) in [5, 5.41) is 9.28. The van der Waals surface area contributed by atoms with Crippen LogP contribution in [0.25, 0.3) is 0 Å². The van der Waals surface area contributed by atoms with Crippen molar-refractivity contribution in [1.82, 2.24) is 9.80 Å². The Kier molecular flexibility index (Phi) is 6.06. The monoisotopic (exact) mass is 390 g/mol. The highest BCUT2D eigenvalue weighted by Gasteiger charge is 2.41. The molecule has 2 atom stereocenters. The molecule has 2 aliphatic heterocycles. The van der Waals surface area contributed by atoms with E-state index in [2.05, 4.69) is 0 Å². The standard InChI is InChI=1S/C20H26N2O6/c1-27-16-6-5-13(10-17(16)28-2)7-9-21-12-14(11-18(21)23)19(24)22-8-3-4-15(22)20(25)26/h5-6,10,14-15H,3-4,7-9,11-12H2,1-2H3,(H,25,26)/t14-,15+/m1/s1.